The number of methoxy groups -OCH3 is 1. The van der Waals surface area contributed by atoms with Gasteiger partial charge in [-0.3, -0.25) is 20.1 Å². The molecular formula is C19H15N5O2S. The number of carbonyl (C=O) groups excluding carboxylic acids is 1. The molecule has 1 N–H and O–H groups in total. The lowest BCUT2D eigenvalue weighted by molar-refractivity contribution is 0.102. The number of pyridine rings is 2. The third kappa shape index (κ3) is 3.34. The van der Waals surface area contributed by atoms with E-state index in [1.165, 1.54) is 7.11 Å². The standard InChI is InChI=1S/C19H15N5O2S/c1-11-8-15(14-5-3-4-12-9-20-7-6-13(12)14)16(10-21-11)17(25)22-18-23-24-19(26-2)27-18/h3-10H,1-2H3,(H,22,23,25). The molecule has 1 amide bonds. The Labute approximate surface area is 159 Å². The van der Waals surface area contributed by atoms with Gasteiger partial charge in [0.25, 0.3) is 11.1 Å². The van der Waals surface area contributed by atoms with Crippen molar-refractivity contribution in [1.82, 2.24) is 20.2 Å². The van der Waals surface area contributed by atoms with Crippen LogP contribution in [0.1, 0.15) is 16.1 Å². The molecule has 0 aliphatic heterocycles. The SMILES string of the molecule is COc1nnc(NC(=O)c2cnc(C)cc2-c2cccc3cnccc23)s1. The maximum atomic E-state index is 12.9. The summed E-state index contributed by atoms with van der Waals surface area (Å²) in [5.41, 5.74) is 3.03. The molecule has 0 saturated heterocycles. The van der Waals surface area contributed by atoms with Crippen LogP contribution in [0, 0.1) is 6.92 Å². The number of carbonyl (C=O) groups is 1. The second kappa shape index (κ2) is 7.08. The summed E-state index contributed by atoms with van der Waals surface area (Å²) in [7, 11) is 1.50. The van der Waals surface area contributed by atoms with E-state index in [0.29, 0.717) is 15.9 Å². The first-order valence-electron chi connectivity index (χ1n) is 8.14. The highest BCUT2D eigenvalue weighted by atomic mass is 32.1. The summed E-state index contributed by atoms with van der Waals surface area (Å²) in [5.74, 6) is -0.303. The first-order chi connectivity index (χ1) is 13.2. The molecule has 0 radical (unpaired) electrons. The van der Waals surface area contributed by atoms with Gasteiger partial charge >= 0.3 is 0 Å². The van der Waals surface area contributed by atoms with E-state index >= 15 is 0 Å². The Bertz CT molecular complexity index is 1140. The Morgan fingerprint density at radius 2 is 2.04 bits per heavy atom. The van der Waals surface area contributed by atoms with E-state index in [0.717, 1.165) is 38.9 Å². The van der Waals surface area contributed by atoms with Crippen LogP contribution in [0.15, 0.2) is 48.9 Å². The molecule has 0 unspecified atom stereocenters. The summed E-state index contributed by atoms with van der Waals surface area (Å²) in [6, 6.07) is 9.78. The van der Waals surface area contributed by atoms with E-state index in [1.807, 2.05) is 37.3 Å². The minimum absolute atomic E-state index is 0.303. The van der Waals surface area contributed by atoms with Crippen LogP contribution in [0.5, 0.6) is 5.19 Å². The highest BCUT2D eigenvalue weighted by molar-refractivity contribution is 7.17. The third-order valence-corrected chi connectivity index (χ3v) is 4.86. The van der Waals surface area contributed by atoms with Gasteiger partial charge in [0.05, 0.1) is 12.7 Å². The van der Waals surface area contributed by atoms with E-state index in [1.54, 1.807) is 18.6 Å². The zero-order chi connectivity index (χ0) is 18.8. The van der Waals surface area contributed by atoms with Gasteiger partial charge in [0.15, 0.2) is 0 Å². The molecule has 27 heavy (non-hydrogen) atoms. The summed E-state index contributed by atoms with van der Waals surface area (Å²) in [6.07, 6.45) is 5.13. The van der Waals surface area contributed by atoms with Crippen molar-refractivity contribution in [3.05, 3.63) is 60.2 Å². The molecule has 0 saturated carbocycles. The number of nitrogens with zero attached hydrogens (tertiary/aromatic N) is 4. The molecule has 134 valence electrons. The van der Waals surface area contributed by atoms with Crippen molar-refractivity contribution in [2.24, 2.45) is 0 Å². The molecule has 3 heterocycles. The number of fused-ring (bicyclic) bond motifs is 1. The van der Waals surface area contributed by atoms with Crippen LogP contribution in [0.2, 0.25) is 0 Å². The van der Waals surface area contributed by atoms with Crippen molar-refractivity contribution < 1.29 is 9.53 Å². The zero-order valence-electron chi connectivity index (χ0n) is 14.6. The van der Waals surface area contributed by atoms with Crippen LogP contribution in [0.4, 0.5) is 5.13 Å². The fraction of sp³-hybridized carbons (Fsp3) is 0.105. The van der Waals surface area contributed by atoms with Gasteiger partial charge in [0, 0.05) is 29.7 Å². The number of anilines is 1. The molecule has 4 aromatic rings. The first kappa shape index (κ1) is 17.0. The molecule has 8 heteroatoms. The Kier molecular flexibility index (Phi) is 4.47. The number of nitrogens with one attached hydrogen (secondary N) is 1. The normalized spacial score (nSPS) is 10.7. The molecule has 0 spiro atoms. The number of rotatable bonds is 4. The predicted molar refractivity (Wildman–Crippen MR) is 104 cm³/mol. The molecule has 0 bridgehead atoms. The molecular weight excluding hydrogens is 362 g/mol. The number of hydrogen-bond acceptors (Lipinski definition) is 7. The van der Waals surface area contributed by atoms with Gasteiger partial charge in [-0.25, -0.2) is 0 Å². The van der Waals surface area contributed by atoms with Crippen molar-refractivity contribution in [3.8, 4) is 16.3 Å². The Morgan fingerprint density at radius 3 is 2.85 bits per heavy atom. The Balaban J connectivity index is 1.79. The summed E-state index contributed by atoms with van der Waals surface area (Å²) in [5, 5.41) is 13.3. The Hall–Kier alpha value is -3.39. The maximum Gasteiger partial charge on any atom is 0.295 e. The van der Waals surface area contributed by atoms with Gasteiger partial charge in [0.1, 0.15) is 0 Å². The zero-order valence-corrected chi connectivity index (χ0v) is 15.4. The summed E-state index contributed by atoms with van der Waals surface area (Å²) in [6.45, 7) is 1.90. The van der Waals surface area contributed by atoms with Crippen molar-refractivity contribution >= 4 is 33.1 Å². The average molecular weight is 377 g/mol. The molecule has 0 aliphatic carbocycles. The molecule has 3 aromatic heterocycles. The fourth-order valence-corrected chi connectivity index (χ4v) is 3.38. The lowest BCUT2D eigenvalue weighted by atomic mass is 9.95. The van der Waals surface area contributed by atoms with E-state index in [9.17, 15) is 4.79 Å². The van der Waals surface area contributed by atoms with Crippen LogP contribution < -0.4 is 10.1 Å². The molecule has 7 nitrogen and oxygen atoms in total. The van der Waals surface area contributed by atoms with E-state index < -0.39 is 0 Å². The minimum atomic E-state index is -0.303. The second-order valence-corrected chi connectivity index (χ2v) is 6.75. The predicted octanol–water partition coefficient (Wildman–Crippen LogP) is 3.72. The van der Waals surface area contributed by atoms with Crippen molar-refractivity contribution in [2.45, 2.75) is 6.92 Å². The number of amides is 1. The van der Waals surface area contributed by atoms with Crippen LogP contribution >= 0.6 is 11.3 Å². The molecule has 0 fully saturated rings. The van der Waals surface area contributed by atoms with Gasteiger partial charge in [0.2, 0.25) is 5.13 Å². The van der Waals surface area contributed by atoms with Gasteiger partial charge in [-0.2, -0.15) is 0 Å². The van der Waals surface area contributed by atoms with E-state index in [4.69, 9.17) is 4.74 Å². The average Bonchev–Trinajstić information content (AvgIpc) is 3.15. The Morgan fingerprint density at radius 1 is 1.15 bits per heavy atom. The molecule has 0 aliphatic rings. The smallest absolute Gasteiger partial charge is 0.295 e. The van der Waals surface area contributed by atoms with Crippen LogP contribution in [0.3, 0.4) is 0 Å². The maximum absolute atomic E-state index is 12.9. The van der Waals surface area contributed by atoms with Gasteiger partial charge < -0.3 is 4.74 Å². The van der Waals surface area contributed by atoms with Crippen LogP contribution in [0.25, 0.3) is 21.9 Å². The number of hydrogen-bond donors (Lipinski definition) is 1. The quantitative estimate of drug-likeness (QED) is 0.583. The van der Waals surface area contributed by atoms with Gasteiger partial charge in [-0.15, -0.1) is 5.10 Å². The van der Waals surface area contributed by atoms with Gasteiger partial charge in [-0.05, 0) is 46.9 Å². The lowest BCUT2D eigenvalue weighted by Gasteiger charge is -2.12. The summed E-state index contributed by atoms with van der Waals surface area (Å²) < 4.78 is 5.01. The highest BCUT2D eigenvalue weighted by Crippen LogP contribution is 2.31. The number of ether oxygens (including phenoxy) is 1. The van der Waals surface area contributed by atoms with Crippen molar-refractivity contribution in [3.63, 3.8) is 0 Å². The molecule has 4 rings (SSSR count). The number of benzene rings is 1. The highest BCUT2D eigenvalue weighted by Gasteiger charge is 2.17. The lowest BCUT2D eigenvalue weighted by Crippen LogP contribution is -2.14. The summed E-state index contributed by atoms with van der Waals surface area (Å²) >= 11 is 1.16. The van der Waals surface area contributed by atoms with E-state index in [2.05, 4.69) is 25.5 Å². The van der Waals surface area contributed by atoms with Crippen LogP contribution in [-0.2, 0) is 0 Å². The van der Waals surface area contributed by atoms with E-state index in [-0.39, 0.29) is 5.91 Å². The topological polar surface area (TPSA) is 89.9 Å². The van der Waals surface area contributed by atoms with Gasteiger partial charge in [-0.1, -0.05) is 23.3 Å². The fourth-order valence-electron chi connectivity index (χ4n) is 2.83. The molecule has 0 atom stereocenters. The number of aromatic nitrogens is 4. The third-order valence-electron chi connectivity index (χ3n) is 4.06. The summed E-state index contributed by atoms with van der Waals surface area (Å²) in [4.78, 5) is 21.4. The van der Waals surface area contributed by atoms with Crippen LogP contribution in [-0.4, -0.2) is 33.2 Å². The monoisotopic (exact) mass is 377 g/mol. The number of aryl methyl sites for hydroxylation is 1. The minimum Gasteiger partial charge on any atom is -0.472 e. The first-order valence-corrected chi connectivity index (χ1v) is 8.96. The molecule has 1 aromatic carbocycles. The van der Waals surface area contributed by atoms with Crippen molar-refractivity contribution in [1.29, 1.82) is 0 Å². The largest absolute Gasteiger partial charge is 0.472 e. The second-order valence-electron chi connectivity index (χ2n) is 5.81. The van der Waals surface area contributed by atoms with Crippen molar-refractivity contribution in [2.75, 3.05) is 12.4 Å².